The van der Waals surface area contributed by atoms with Crippen molar-refractivity contribution in [3.05, 3.63) is 21.8 Å². The predicted molar refractivity (Wildman–Crippen MR) is 73.7 cm³/mol. The summed E-state index contributed by atoms with van der Waals surface area (Å²) < 4.78 is 0.994. The van der Waals surface area contributed by atoms with Gasteiger partial charge >= 0.3 is 0 Å². The van der Waals surface area contributed by atoms with E-state index in [1.807, 2.05) is 6.07 Å². The van der Waals surface area contributed by atoms with Crippen LogP contribution in [-0.2, 0) is 0 Å². The van der Waals surface area contributed by atoms with Crippen LogP contribution in [0.3, 0.4) is 0 Å². The maximum absolute atomic E-state index is 5.92. The van der Waals surface area contributed by atoms with Crippen molar-refractivity contribution in [2.45, 2.75) is 12.8 Å². The first-order valence-corrected chi connectivity index (χ1v) is 7.12. The Morgan fingerprint density at radius 1 is 1.47 bits per heavy atom. The lowest BCUT2D eigenvalue weighted by molar-refractivity contribution is 0.369. The Morgan fingerprint density at radius 2 is 2.35 bits per heavy atom. The first-order chi connectivity index (χ1) is 8.19. The van der Waals surface area contributed by atoms with E-state index in [0.717, 1.165) is 36.5 Å². The predicted octanol–water partition coefficient (Wildman–Crippen LogP) is 2.69. The third-order valence-corrected chi connectivity index (χ3v) is 4.65. The van der Waals surface area contributed by atoms with E-state index in [2.05, 4.69) is 31.1 Å². The van der Waals surface area contributed by atoms with Crippen LogP contribution in [0, 0.1) is 5.41 Å². The number of nitrogens with one attached hydrogen (secondary N) is 1. The molecule has 0 aliphatic carbocycles. The SMILES string of the molecule is Clc1cnc(N2CCC3(CCNC3)C2)c(Br)c1. The van der Waals surface area contributed by atoms with Gasteiger partial charge in [-0.1, -0.05) is 11.6 Å². The van der Waals surface area contributed by atoms with Gasteiger partial charge in [0.2, 0.25) is 0 Å². The normalized spacial score (nSPS) is 28.2. The van der Waals surface area contributed by atoms with Gasteiger partial charge in [-0.2, -0.15) is 0 Å². The Bertz CT molecular complexity index is 432. The fourth-order valence-electron chi connectivity index (χ4n) is 2.90. The van der Waals surface area contributed by atoms with Crippen LogP contribution in [0.2, 0.25) is 5.02 Å². The maximum Gasteiger partial charge on any atom is 0.142 e. The van der Waals surface area contributed by atoms with Gasteiger partial charge in [-0.05, 0) is 41.4 Å². The lowest BCUT2D eigenvalue weighted by atomic mass is 9.87. The van der Waals surface area contributed by atoms with E-state index in [1.54, 1.807) is 6.20 Å². The summed E-state index contributed by atoms with van der Waals surface area (Å²) in [5.41, 5.74) is 0.473. The summed E-state index contributed by atoms with van der Waals surface area (Å²) in [4.78, 5) is 6.81. The van der Waals surface area contributed by atoms with Crippen LogP contribution in [0.25, 0.3) is 0 Å². The highest BCUT2D eigenvalue weighted by Gasteiger charge is 2.41. The minimum absolute atomic E-state index is 0.473. The summed E-state index contributed by atoms with van der Waals surface area (Å²) in [5, 5.41) is 4.15. The molecular formula is C12H15BrClN3. The van der Waals surface area contributed by atoms with Crippen molar-refractivity contribution >= 4 is 33.3 Å². The van der Waals surface area contributed by atoms with Crippen LogP contribution in [0.15, 0.2) is 16.7 Å². The van der Waals surface area contributed by atoms with E-state index in [-0.39, 0.29) is 0 Å². The van der Waals surface area contributed by atoms with E-state index in [1.165, 1.54) is 12.8 Å². The molecule has 92 valence electrons. The third kappa shape index (κ3) is 2.18. The van der Waals surface area contributed by atoms with Gasteiger partial charge in [0.15, 0.2) is 0 Å². The van der Waals surface area contributed by atoms with E-state index < -0.39 is 0 Å². The van der Waals surface area contributed by atoms with E-state index in [4.69, 9.17) is 11.6 Å². The Morgan fingerprint density at radius 3 is 3.06 bits per heavy atom. The van der Waals surface area contributed by atoms with Crippen LogP contribution >= 0.6 is 27.5 Å². The second-order valence-electron chi connectivity index (χ2n) is 5.06. The number of rotatable bonds is 1. The van der Waals surface area contributed by atoms with Gasteiger partial charge in [0, 0.05) is 31.2 Å². The molecular weight excluding hydrogens is 302 g/mol. The average molecular weight is 317 g/mol. The molecule has 3 heterocycles. The average Bonchev–Trinajstić information content (AvgIpc) is 2.90. The first-order valence-electron chi connectivity index (χ1n) is 5.95. The lowest BCUT2D eigenvalue weighted by Gasteiger charge is -2.24. The summed E-state index contributed by atoms with van der Waals surface area (Å²) in [5.74, 6) is 1.03. The molecule has 5 heteroatoms. The maximum atomic E-state index is 5.92. The zero-order valence-electron chi connectivity index (χ0n) is 9.55. The zero-order chi connectivity index (χ0) is 11.9. The molecule has 3 nitrogen and oxygen atoms in total. The van der Waals surface area contributed by atoms with Crippen LogP contribution in [0.1, 0.15) is 12.8 Å². The lowest BCUT2D eigenvalue weighted by Crippen LogP contribution is -2.29. The van der Waals surface area contributed by atoms with Crippen molar-refractivity contribution in [3.8, 4) is 0 Å². The number of anilines is 1. The Labute approximate surface area is 115 Å². The van der Waals surface area contributed by atoms with Crippen LogP contribution in [0.4, 0.5) is 5.82 Å². The second-order valence-corrected chi connectivity index (χ2v) is 6.35. The molecule has 17 heavy (non-hydrogen) atoms. The molecule has 3 rings (SSSR count). The molecule has 2 fully saturated rings. The van der Waals surface area contributed by atoms with Gasteiger partial charge in [-0.25, -0.2) is 4.98 Å². The van der Waals surface area contributed by atoms with Crippen molar-refractivity contribution in [1.82, 2.24) is 10.3 Å². The summed E-state index contributed by atoms with van der Waals surface area (Å²) >= 11 is 9.47. The quantitative estimate of drug-likeness (QED) is 0.863. The van der Waals surface area contributed by atoms with Crippen molar-refractivity contribution in [1.29, 1.82) is 0 Å². The molecule has 2 aliphatic rings. The van der Waals surface area contributed by atoms with Gasteiger partial charge in [0.05, 0.1) is 9.50 Å². The highest BCUT2D eigenvalue weighted by atomic mass is 79.9. The number of pyridine rings is 1. The highest BCUT2D eigenvalue weighted by Crippen LogP contribution is 2.39. The summed E-state index contributed by atoms with van der Waals surface area (Å²) in [7, 11) is 0. The van der Waals surface area contributed by atoms with Crippen molar-refractivity contribution < 1.29 is 0 Å². The van der Waals surface area contributed by atoms with E-state index >= 15 is 0 Å². The first kappa shape index (κ1) is 11.8. The Hall–Kier alpha value is -0.320. The van der Waals surface area contributed by atoms with E-state index in [0.29, 0.717) is 10.4 Å². The molecule has 1 unspecified atom stereocenters. The molecule has 2 saturated heterocycles. The Balaban J connectivity index is 1.82. The fourth-order valence-corrected chi connectivity index (χ4v) is 3.79. The molecule has 0 radical (unpaired) electrons. The molecule has 2 aliphatic heterocycles. The topological polar surface area (TPSA) is 28.2 Å². The van der Waals surface area contributed by atoms with Crippen LogP contribution in [0.5, 0.6) is 0 Å². The molecule has 1 aromatic rings. The number of halogens is 2. The minimum atomic E-state index is 0.473. The smallest absolute Gasteiger partial charge is 0.142 e. The Kier molecular flexibility index (Phi) is 3.05. The molecule has 1 spiro atoms. The monoisotopic (exact) mass is 315 g/mol. The van der Waals surface area contributed by atoms with Crippen LogP contribution in [-0.4, -0.2) is 31.2 Å². The minimum Gasteiger partial charge on any atom is -0.355 e. The largest absolute Gasteiger partial charge is 0.355 e. The van der Waals surface area contributed by atoms with Gasteiger partial charge in [0.25, 0.3) is 0 Å². The molecule has 1 N–H and O–H groups in total. The molecule has 0 saturated carbocycles. The number of nitrogens with zero attached hydrogens (tertiary/aromatic N) is 2. The van der Waals surface area contributed by atoms with Crippen LogP contribution < -0.4 is 10.2 Å². The van der Waals surface area contributed by atoms with Gasteiger partial charge in [-0.15, -0.1) is 0 Å². The third-order valence-electron chi connectivity index (χ3n) is 3.86. The van der Waals surface area contributed by atoms with E-state index in [9.17, 15) is 0 Å². The number of hydrogen-bond donors (Lipinski definition) is 1. The molecule has 1 aromatic heterocycles. The van der Waals surface area contributed by atoms with Crippen molar-refractivity contribution in [2.24, 2.45) is 5.41 Å². The van der Waals surface area contributed by atoms with Gasteiger partial charge < -0.3 is 10.2 Å². The fraction of sp³-hybridized carbons (Fsp3) is 0.583. The number of aromatic nitrogens is 1. The summed E-state index contributed by atoms with van der Waals surface area (Å²) in [6, 6.07) is 1.92. The molecule has 0 bridgehead atoms. The molecule has 0 aromatic carbocycles. The van der Waals surface area contributed by atoms with Crippen molar-refractivity contribution in [2.75, 3.05) is 31.1 Å². The summed E-state index contributed by atoms with van der Waals surface area (Å²) in [6.45, 7) is 4.50. The van der Waals surface area contributed by atoms with Gasteiger partial charge in [-0.3, -0.25) is 0 Å². The van der Waals surface area contributed by atoms with Gasteiger partial charge in [0.1, 0.15) is 5.82 Å². The number of hydrogen-bond acceptors (Lipinski definition) is 3. The highest BCUT2D eigenvalue weighted by molar-refractivity contribution is 9.10. The zero-order valence-corrected chi connectivity index (χ0v) is 11.9. The molecule has 0 amide bonds. The summed E-state index contributed by atoms with van der Waals surface area (Å²) in [6.07, 6.45) is 4.27. The standard InChI is InChI=1S/C12H15BrClN3/c13-10-5-9(14)6-16-11(10)17-4-2-12(8-17)1-3-15-7-12/h5-6,15H,1-4,7-8H2. The second kappa shape index (κ2) is 4.41. The van der Waals surface area contributed by atoms with Crippen molar-refractivity contribution in [3.63, 3.8) is 0 Å². The molecule has 1 atom stereocenters.